The standard InChI is InChI=1S/C19H13ClN4O/c20-16-5-1-2-6-17(16)24-13-8-14-15(11-23-19(14)22-10-13)18(25)12-4-3-7-21-9-12/h1-11,24H,(H,22,23). The highest BCUT2D eigenvalue weighted by atomic mass is 35.5. The monoisotopic (exact) mass is 348 g/mol. The molecule has 2 N–H and O–H groups in total. The largest absolute Gasteiger partial charge is 0.353 e. The van der Waals surface area contributed by atoms with Crippen LogP contribution in [0.5, 0.6) is 0 Å². The number of para-hydroxylation sites is 1. The van der Waals surface area contributed by atoms with Crippen LogP contribution in [0.3, 0.4) is 0 Å². The predicted molar refractivity (Wildman–Crippen MR) is 98.5 cm³/mol. The summed E-state index contributed by atoms with van der Waals surface area (Å²) in [6.45, 7) is 0. The fourth-order valence-electron chi connectivity index (χ4n) is 2.63. The molecule has 0 saturated carbocycles. The molecular weight excluding hydrogens is 336 g/mol. The SMILES string of the molecule is O=C(c1cccnc1)c1c[nH]c2ncc(Nc3ccccc3Cl)cc12. The van der Waals surface area contributed by atoms with Gasteiger partial charge in [-0.1, -0.05) is 23.7 Å². The Balaban J connectivity index is 1.73. The molecule has 3 heterocycles. The predicted octanol–water partition coefficient (Wildman–Crippen LogP) is 4.59. The highest BCUT2D eigenvalue weighted by Gasteiger charge is 2.15. The van der Waals surface area contributed by atoms with E-state index in [9.17, 15) is 4.79 Å². The maximum absolute atomic E-state index is 12.7. The van der Waals surface area contributed by atoms with Gasteiger partial charge in [0.1, 0.15) is 5.65 Å². The number of hydrogen-bond acceptors (Lipinski definition) is 4. The van der Waals surface area contributed by atoms with Gasteiger partial charge in [-0.25, -0.2) is 4.98 Å². The van der Waals surface area contributed by atoms with Gasteiger partial charge in [-0.05, 0) is 30.3 Å². The van der Waals surface area contributed by atoms with Crippen molar-refractivity contribution in [2.24, 2.45) is 0 Å². The van der Waals surface area contributed by atoms with Gasteiger partial charge in [0, 0.05) is 35.1 Å². The van der Waals surface area contributed by atoms with E-state index < -0.39 is 0 Å². The molecule has 0 unspecified atom stereocenters. The number of halogens is 1. The maximum Gasteiger partial charge on any atom is 0.196 e. The average molecular weight is 349 g/mol. The van der Waals surface area contributed by atoms with Gasteiger partial charge in [-0.2, -0.15) is 0 Å². The summed E-state index contributed by atoms with van der Waals surface area (Å²) in [4.78, 5) is 24.1. The highest BCUT2D eigenvalue weighted by molar-refractivity contribution is 6.33. The first kappa shape index (κ1) is 15.4. The van der Waals surface area contributed by atoms with Gasteiger partial charge in [-0.3, -0.25) is 9.78 Å². The van der Waals surface area contributed by atoms with Gasteiger partial charge in [-0.15, -0.1) is 0 Å². The summed E-state index contributed by atoms with van der Waals surface area (Å²) in [5.74, 6) is -0.101. The Morgan fingerprint density at radius 2 is 2.00 bits per heavy atom. The Hall–Kier alpha value is -3.18. The fraction of sp³-hybridized carbons (Fsp3) is 0. The zero-order chi connectivity index (χ0) is 17.2. The first-order valence-corrected chi connectivity index (χ1v) is 8.03. The number of anilines is 2. The number of nitrogens with one attached hydrogen (secondary N) is 2. The molecule has 0 amide bonds. The van der Waals surface area contributed by atoms with Crippen LogP contribution in [0.2, 0.25) is 5.02 Å². The lowest BCUT2D eigenvalue weighted by atomic mass is 10.1. The summed E-state index contributed by atoms with van der Waals surface area (Å²) >= 11 is 6.18. The number of H-pyrrole nitrogens is 1. The van der Waals surface area contributed by atoms with Gasteiger partial charge in [0.2, 0.25) is 0 Å². The van der Waals surface area contributed by atoms with Gasteiger partial charge >= 0.3 is 0 Å². The molecule has 1 aromatic carbocycles. The van der Waals surface area contributed by atoms with Crippen LogP contribution in [-0.2, 0) is 0 Å². The third kappa shape index (κ3) is 2.97. The van der Waals surface area contributed by atoms with E-state index in [1.54, 1.807) is 36.9 Å². The minimum atomic E-state index is -0.101. The number of rotatable bonds is 4. The molecule has 0 atom stereocenters. The number of fused-ring (bicyclic) bond motifs is 1. The van der Waals surface area contributed by atoms with E-state index in [0.29, 0.717) is 21.8 Å². The van der Waals surface area contributed by atoms with E-state index in [1.165, 1.54) is 0 Å². The van der Waals surface area contributed by atoms with Crippen molar-refractivity contribution in [2.45, 2.75) is 0 Å². The number of nitrogens with zero attached hydrogens (tertiary/aromatic N) is 2. The number of benzene rings is 1. The topological polar surface area (TPSA) is 70.7 Å². The summed E-state index contributed by atoms with van der Waals surface area (Å²) in [6.07, 6.45) is 6.56. The number of aromatic nitrogens is 3. The molecule has 0 radical (unpaired) electrons. The van der Waals surface area contributed by atoms with Crippen molar-refractivity contribution < 1.29 is 4.79 Å². The lowest BCUT2D eigenvalue weighted by Gasteiger charge is -2.08. The average Bonchev–Trinajstić information content (AvgIpc) is 3.07. The number of carbonyl (C=O) groups is 1. The lowest BCUT2D eigenvalue weighted by molar-refractivity contribution is 0.104. The second-order valence-corrected chi connectivity index (χ2v) is 5.91. The van der Waals surface area contributed by atoms with Crippen molar-refractivity contribution in [1.82, 2.24) is 15.0 Å². The molecule has 6 heteroatoms. The van der Waals surface area contributed by atoms with Crippen LogP contribution in [0.15, 0.2) is 67.3 Å². The van der Waals surface area contributed by atoms with Crippen molar-refractivity contribution in [3.05, 3.63) is 83.4 Å². The Bertz CT molecular complexity index is 1060. The molecule has 0 aliphatic heterocycles. The molecule has 0 aliphatic carbocycles. The Morgan fingerprint density at radius 1 is 1.12 bits per heavy atom. The number of ketones is 1. The summed E-state index contributed by atoms with van der Waals surface area (Å²) in [5, 5.41) is 4.58. The molecule has 0 saturated heterocycles. The van der Waals surface area contributed by atoms with Crippen LogP contribution < -0.4 is 5.32 Å². The van der Waals surface area contributed by atoms with Crippen molar-refractivity contribution in [1.29, 1.82) is 0 Å². The molecule has 122 valence electrons. The zero-order valence-corrected chi connectivity index (χ0v) is 13.8. The van der Waals surface area contributed by atoms with E-state index in [4.69, 9.17) is 11.6 Å². The summed E-state index contributed by atoms with van der Waals surface area (Å²) in [6, 6.07) is 12.8. The molecule has 25 heavy (non-hydrogen) atoms. The normalized spacial score (nSPS) is 10.8. The number of hydrogen-bond donors (Lipinski definition) is 2. The quantitative estimate of drug-likeness (QED) is 0.529. The highest BCUT2D eigenvalue weighted by Crippen LogP contribution is 2.27. The van der Waals surface area contributed by atoms with E-state index in [2.05, 4.69) is 20.3 Å². The Morgan fingerprint density at radius 3 is 2.80 bits per heavy atom. The molecule has 0 bridgehead atoms. The molecule has 0 fully saturated rings. The zero-order valence-electron chi connectivity index (χ0n) is 13.0. The third-order valence-corrected chi connectivity index (χ3v) is 4.18. The van der Waals surface area contributed by atoms with Crippen molar-refractivity contribution in [3.63, 3.8) is 0 Å². The maximum atomic E-state index is 12.7. The first-order valence-electron chi connectivity index (χ1n) is 7.66. The van der Waals surface area contributed by atoms with Crippen molar-refractivity contribution in [3.8, 4) is 0 Å². The van der Waals surface area contributed by atoms with Crippen LogP contribution in [0.1, 0.15) is 15.9 Å². The van der Waals surface area contributed by atoms with Gasteiger partial charge in [0.05, 0.1) is 22.6 Å². The minimum absolute atomic E-state index is 0.101. The molecular formula is C19H13ClN4O. The molecule has 0 spiro atoms. The Labute approximate surface area is 148 Å². The third-order valence-electron chi connectivity index (χ3n) is 3.85. The van der Waals surface area contributed by atoms with E-state index in [1.807, 2.05) is 30.3 Å². The molecule has 4 rings (SSSR count). The minimum Gasteiger partial charge on any atom is -0.353 e. The number of pyridine rings is 2. The van der Waals surface area contributed by atoms with Gasteiger partial charge in [0.15, 0.2) is 5.78 Å². The number of carbonyl (C=O) groups excluding carboxylic acids is 1. The molecule has 3 aromatic heterocycles. The molecule has 5 nitrogen and oxygen atoms in total. The Kier molecular flexibility index (Phi) is 3.91. The van der Waals surface area contributed by atoms with Crippen LogP contribution in [0, 0.1) is 0 Å². The van der Waals surface area contributed by atoms with Gasteiger partial charge in [0.25, 0.3) is 0 Å². The van der Waals surface area contributed by atoms with Crippen LogP contribution in [-0.4, -0.2) is 20.7 Å². The summed E-state index contributed by atoms with van der Waals surface area (Å²) < 4.78 is 0. The van der Waals surface area contributed by atoms with Crippen LogP contribution in [0.25, 0.3) is 11.0 Å². The van der Waals surface area contributed by atoms with Crippen molar-refractivity contribution >= 4 is 39.8 Å². The smallest absolute Gasteiger partial charge is 0.196 e. The van der Waals surface area contributed by atoms with E-state index in [0.717, 1.165) is 16.8 Å². The van der Waals surface area contributed by atoms with Gasteiger partial charge < -0.3 is 10.3 Å². The number of aromatic amines is 1. The van der Waals surface area contributed by atoms with E-state index >= 15 is 0 Å². The lowest BCUT2D eigenvalue weighted by Crippen LogP contribution is -2.01. The fourth-order valence-corrected chi connectivity index (χ4v) is 2.81. The van der Waals surface area contributed by atoms with Crippen LogP contribution >= 0.6 is 11.6 Å². The second kappa shape index (κ2) is 6.37. The van der Waals surface area contributed by atoms with Crippen LogP contribution in [0.4, 0.5) is 11.4 Å². The summed E-state index contributed by atoms with van der Waals surface area (Å²) in [5.41, 5.74) is 3.27. The second-order valence-electron chi connectivity index (χ2n) is 5.50. The summed E-state index contributed by atoms with van der Waals surface area (Å²) in [7, 11) is 0. The molecule has 0 aliphatic rings. The van der Waals surface area contributed by atoms with E-state index in [-0.39, 0.29) is 5.78 Å². The molecule has 4 aromatic rings. The first-order chi connectivity index (χ1) is 12.2. The van der Waals surface area contributed by atoms with Crippen molar-refractivity contribution in [2.75, 3.05) is 5.32 Å².